The van der Waals surface area contributed by atoms with Crippen molar-refractivity contribution in [2.45, 2.75) is 18.4 Å². The van der Waals surface area contributed by atoms with Crippen LogP contribution in [0.15, 0.2) is 24.5 Å². The summed E-state index contributed by atoms with van der Waals surface area (Å²) < 4.78 is 25.8. The molecule has 10 heteroatoms. The molecule has 1 fully saturated rings. The molecule has 1 aromatic rings. The second-order valence-electron chi connectivity index (χ2n) is 4.50. The van der Waals surface area contributed by atoms with Gasteiger partial charge in [0.25, 0.3) is 5.92 Å². The summed E-state index contributed by atoms with van der Waals surface area (Å²) in [5.41, 5.74) is 0.497. The zero-order chi connectivity index (χ0) is 14.6. The summed E-state index contributed by atoms with van der Waals surface area (Å²) in [6.45, 7) is -0.801. The minimum atomic E-state index is -2.88. The van der Waals surface area contributed by atoms with E-state index in [1.807, 2.05) is 0 Å². The number of carbonyl (C=O) groups is 2. The van der Waals surface area contributed by atoms with Gasteiger partial charge in [-0.05, 0) is 12.1 Å². The van der Waals surface area contributed by atoms with Crippen molar-refractivity contribution in [3.63, 3.8) is 0 Å². The van der Waals surface area contributed by atoms with Crippen molar-refractivity contribution in [1.82, 2.24) is 15.6 Å². The van der Waals surface area contributed by atoms with Crippen LogP contribution in [0.5, 0.6) is 0 Å². The van der Waals surface area contributed by atoms with Gasteiger partial charge in [-0.15, -0.1) is 24.8 Å². The van der Waals surface area contributed by atoms with Crippen molar-refractivity contribution in [3.8, 4) is 0 Å². The number of aromatic nitrogens is 1. The van der Waals surface area contributed by atoms with Crippen LogP contribution in [0.4, 0.5) is 14.5 Å². The van der Waals surface area contributed by atoms with E-state index in [0.29, 0.717) is 5.69 Å². The Morgan fingerprint density at radius 3 is 2.68 bits per heavy atom. The molecule has 124 valence electrons. The monoisotopic (exact) mass is 356 g/mol. The predicted molar refractivity (Wildman–Crippen MR) is 81.7 cm³/mol. The molecular weight excluding hydrogens is 341 g/mol. The van der Waals surface area contributed by atoms with Crippen molar-refractivity contribution >= 4 is 42.3 Å². The standard InChI is InChI=1S/C12H14F2N4O2.2ClH/c13-12(14)4-9(17-7-12)11(20)16-6-10(19)18-8-2-1-3-15-5-8;;/h1-3,5,9,17H,4,6-7H2,(H,16,20)(H,18,19);2*1H. The fourth-order valence-corrected chi connectivity index (χ4v) is 1.83. The first-order valence-electron chi connectivity index (χ1n) is 6.05. The van der Waals surface area contributed by atoms with E-state index in [1.54, 1.807) is 18.3 Å². The minimum Gasteiger partial charge on any atom is -0.346 e. The van der Waals surface area contributed by atoms with E-state index in [4.69, 9.17) is 0 Å². The molecule has 0 aliphatic carbocycles. The number of nitrogens with one attached hydrogen (secondary N) is 3. The Bertz CT molecular complexity index is 505. The molecule has 22 heavy (non-hydrogen) atoms. The fraction of sp³-hybridized carbons (Fsp3) is 0.417. The van der Waals surface area contributed by atoms with E-state index in [0.717, 1.165) is 0 Å². The number of halogens is 4. The van der Waals surface area contributed by atoms with Crippen molar-refractivity contribution in [2.75, 3.05) is 18.4 Å². The van der Waals surface area contributed by atoms with Gasteiger partial charge in [0.2, 0.25) is 11.8 Å². The molecule has 0 spiro atoms. The summed E-state index contributed by atoms with van der Waals surface area (Å²) in [6, 6.07) is 2.33. The van der Waals surface area contributed by atoms with Crippen molar-refractivity contribution in [3.05, 3.63) is 24.5 Å². The van der Waals surface area contributed by atoms with Gasteiger partial charge in [0, 0.05) is 12.6 Å². The molecule has 2 rings (SSSR count). The first-order valence-corrected chi connectivity index (χ1v) is 6.05. The third-order valence-electron chi connectivity index (χ3n) is 2.79. The van der Waals surface area contributed by atoms with Gasteiger partial charge >= 0.3 is 0 Å². The lowest BCUT2D eigenvalue weighted by atomic mass is 10.2. The lowest BCUT2D eigenvalue weighted by molar-refractivity contribution is -0.125. The third kappa shape index (κ3) is 6.08. The van der Waals surface area contributed by atoms with Crippen molar-refractivity contribution in [1.29, 1.82) is 0 Å². The number of hydrogen-bond donors (Lipinski definition) is 3. The van der Waals surface area contributed by atoms with Gasteiger partial charge in [-0.2, -0.15) is 0 Å². The second-order valence-corrected chi connectivity index (χ2v) is 4.50. The zero-order valence-corrected chi connectivity index (χ0v) is 13.0. The Morgan fingerprint density at radius 2 is 2.14 bits per heavy atom. The number of amides is 2. The molecule has 2 amide bonds. The van der Waals surface area contributed by atoms with Crippen LogP contribution in [-0.2, 0) is 9.59 Å². The van der Waals surface area contributed by atoms with Gasteiger partial charge in [0.05, 0.1) is 31.0 Å². The smallest absolute Gasteiger partial charge is 0.262 e. The molecule has 3 N–H and O–H groups in total. The molecule has 1 atom stereocenters. The van der Waals surface area contributed by atoms with Gasteiger partial charge in [0.15, 0.2) is 0 Å². The molecule has 0 saturated carbocycles. The second kappa shape index (κ2) is 8.82. The summed E-state index contributed by atoms with van der Waals surface area (Å²) in [5, 5.41) is 7.25. The van der Waals surface area contributed by atoms with E-state index in [9.17, 15) is 18.4 Å². The van der Waals surface area contributed by atoms with E-state index < -0.39 is 36.7 Å². The van der Waals surface area contributed by atoms with Crippen LogP contribution < -0.4 is 16.0 Å². The maximum atomic E-state index is 12.9. The summed E-state index contributed by atoms with van der Waals surface area (Å²) >= 11 is 0. The number of hydrogen-bond acceptors (Lipinski definition) is 4. The first kappa shape index (κ1) is 20.5. The van der Waals surface area contributed by atoms with E-state index >= 15 is 0 Å². The zero-order valence-electron chi connectivity index (χ0n) is 11.3. The van der Waals surface area contributed by atoms with Gasteiger partial charge in [-0.3, -0.25) is 19.9 Å². The number of anilines is 1. The molecule has 6 nitrogen and oxygen atoms in total. The highest BCUT2D eigenvalue weighted by Gasteiger charge is 2.42. The average Bonchev–Trinajstić information content (AvgIpc) is 2.78. The van der Waals surface area contributed by atoms with Crippen molar-refractivity contribution < 1.29 is 18.4 Å². The summed E-state index contributed by atoms with van der Waals surface area (Å²) in [5.74, 6) is -3.93. The highest BCUT2D eigenvalue weighted by molar-refractivity contribution is 5.95. The van der Waals surface area contributed by atoms with Crippen molar-refractivity contribution in [2.24, 2.45) is 0 Å². The predicted octanol–water partition coefficient (Wildman–Crippen LogP) is 0.977. The SMILES string of the molecule is Cl.Cl.O=C(CNC(=O)C1CC(F)(F)CN1)Nc1cccnc1. The van der Waals surface area contributed by atoms with E-state index in [-0.39, 0.29) is 31.4 Å². The third-order valence-corrected chi connectivity index (χ3v) is 2.79. The number of nitrogens with zero attached hydrogens (tertiary/aromatic N) is 1. The Hall–Kier alpha value is -1.51. The molecule has 0 bridgehead atoms. The van der Waals surface area contributed by atoms with Crippen LogP contribution >= 0.6 is 24.8 Å². The van der Waals surface area contributed by atoms with E-state index in [1.165, 1.54) is 6.20 Å². The molecule has 1 saturated heterocycles. The van der Waals surface area contributed by atoms with Crippen LogP contribution in [0.1, 0.15) is 6.42 Å². The van der Waals surface area contributed by atoms with Crippen LogP contribution in [0.25, 0.3) is 0 Å². The Kier molecular flexibility index (Phi) is 8.21. The van der Waals surface area contributed by atoms with Gasteiger partial charge in [-0.1, -0.05) is 0 Å². The molecule has 1 unspecified atom stereocenters. The van der Waals surface area contributed by atoms with Crippen LogP contribution in [0, 0.1) is 0 Å². The number of pyridine rings is 1. The Labute approximate surface area is 138 Å². The summed E-state index contributed by atoms with van der Waals surface area (Å²) in [6.07, 6.45) is 2.46. The van der Waals surface area contributed by atoms with Crippen LogP contribution in [0.3, 0.4) is 0 Å². The maximum absolute atomic E-state index is 12.9. The van der Waals surface area contributed by atoms with Gasteiger partial charge < -0.3 is 10.6 Å². The van der Waals surface area contributed by atoms with Gasteiger partial charge in [0.1, 0.15) is 0 Å². The minimum absolute atomic E-state index is 0. The van der Waals surface area contributed by atoms with E-state index in [2.05, 4.69) is 20.9 Å². The highest BCUT2D eigenvalue weighted by atomic mass is 35.5. The summed E-state index contributed by atoms with van der Waals surface area (Å²) in [4.78, 5) is 26.9. The quantitative estimate of drug-likeness (QED) is 0.750. The normalized spacial score (nSPS) is 18.5. The van der Waals surface area contributed by atoms with Crippen LogP contribution in [-0.4, -0.2) is 41.9 Å². The lowest BCUT2D eigenvalue weighted by Gasteiger charge is -2.11. The average molecular weight is 357 g/mol. The lowest BCUT2D eigenvalue weighted by Crippen LogP contribution is -2.43. The van der Waals surface area contributed by atoms with Crippen LogP contribution in [0.2, 0.25) is 0 Å². The highest BCUT2D eigenvalue weighted by Crippen LogP contribution is 2.24. The fourth-order valence-electron chi connectivity index (χ4n) is 1.83. The van der Waals surface area contributed by atoms with Gasteiger partial charge in [-0.25, -0.2) is 8.78 Å². The molecule has 1 aliphatic rings. The Morgan fingerprint density at radius 1 is 1.41 bits per heavy atom. The number of rotatable bonds is 4. The number of alkyl halides is 2. The molecule has 1 aromatic heterocycles. The summed E-state index contributed by atoms with van der Waals surface area (Å²) in [7, 11) is 0. The Balaban J connectivity index is 0.00000220. The largest absolute Gasteiger partial charge is 0.346 e. The molecule has 0 radical (unpaired) electrons. The topological polar surface area (TPSA) is 83.1 Å². The molecular formula is C12H16Cl2F2N4O2. The molecule has 1 aliphatic heterocycles. The number of carbonyl (C=O) groups excluding carboxylic acids is 2. The maximum Gasteiger partial charge on any atom is 0.262 e. The molecule has 2 heterocycles. The molecule has 0 aromatic carbocycles. The first-order chi connectivity index (χ1) is 9.46.